The molecule has 0 aliphatic rings. The summed E-state index contributed by atoms with van der Waals surface area (Å²) in [6, 6.07) is 9.90. The van der Waals surface area contributed by atoms with Gasteiger partial charge < -0.3 is 5.11 Å². The first-order valence-electron chi connectivity index (χ1n) is 5.80. The van der Waals surface area contributed by atoms with Crippen LogP contribution < -0.4 is 0 Å². The molecule has 1 aromatic carbocycles. The molecule has 0 atom stereocenters. The highest BCUT2D eigenvalue weighted by Crippen LogP contribution is 2.21. The summed E-state index contributed by atoms with van der Waals surface area (Å²) >= 11 is 0. The van der Waals surface area contributed by atoms with Gasteiger partial charge in [0.05, 0.1) is 18.2 Å². The molecule has 0 aliphatic heterocycles. The summed E-state index contributed by atoms with van der Waals surface area (Å²) in [5.41, 5.74) is 1.26. The van der Waals surface area contributed by atoms with E-state index in [2.05, 4.69) is 5.10 Å². The maximum atomic E-state index is 11.1. The van der Waals surface area contributed by atoms with Gasteiger partial charge in [-0.2, -0.15) is 5.10 Å². The number of hydrogen-bond acceptors (Lipinski definition) is 2. The van der Waals surface area contributed by atoms with Crippen molar-refractivity contribution in [1.82, 2.24) is 9.78 Å². The zero-order valence-corrected chi connectivity index (χ0v) is 10.5. The van der Waals surface area contributed by atoms with Crippen LogP contribution in [-0.4, -0.2) is 20.9 Å². The first-order chi connectivity index (χ1) is 8.49. The topological polar surface area (TPSA) is 55.1 Å². The van der Waals surface area contributed by atoms with Crippen molar-refractivity contribution in [2.24, 2.45) is 5.41 Å². The van der Waals surface area contributed by atoms with Gasteiger partial charge in [-0.05, 0) is 19.4 Å². The molecule has 18 heavy (non-hydrogen) atoms. The van der Waals surface area contributed by atoms with Gasteiger partial charge in [-0.25, -0.2) is 0 Å². The Bertz CT molecular complexity index is 544. The van der Waals surface area contributed by atoms with E-state index in [1.54, 1.807) is 24.7 Å². The zero-order valence-electron chi connectivity index (χ0n) is 10.5. The molecule has 0 saturated carbocycles. The fourth-order valence-electron chi connectivity index (χ4n) is 1.70. The number of aromatic nitrogens is 2. The maximum absolute atomic E-state index is 11.1. The highest BCUT2D eigenvalue weighted by atomic mass is 16.4. The molecule has 1 heterocycles. The molecule has 1 N–H and O–H groups in total. The summed E-state index contributed by atoms with van der Waals surface area (Å²) in [5.74, 6) is -0.820. The monoisotopic (exact) mass is 244 g/mol. The van der Waals surface area contributed by atoms with E-state index in [1.165, 1.54) is 0 Å². The number of benzene rings is 1. The van der Waals surface area contributed by atoms with Crippen LogP contribution in [0.4, 0.5) is 0 Å². The van der Waals surface area contributed by atoms with Gasteiger partial charge in [0.2, 0.25) is 0 Å². The Morgan fingerprint density at radius 2 is 1.94 bits per heavy atom. The third-order valence-electron chi connectivity index (χ3n) is 2.88. The lowest BCUT2D eigenvalue weighted by atomic mass is 9.94. The smallest absolute Gasteiger partial charge is 0.310 e. The normalized spacial score (nSPS) is 11.4. The molecule has 4 heteroatoms. The predicted octanol–water partition coefficient (Wildman–Crippen LogP) is 2.66. The molecule has 0 fully saturated rings. The fraction of sp³-hybridized carbons (Fsp3) is 0.286. The lowest BCUT2D eigenvalue weighted by molar-refractivity contribution is -0.147. The largest absolute Gasteiger partial charge is 0.481 e. The zero-order chi connectivity index (χ0) is 13.2. The lowest BCUT2D eigenvalue weighted by Crippen LogP contribution is -2.29. The Labute approximate surface area is 106 Å². The second-order valence-electron chi connectivity index (χ2n) is 4.98. The minimum Gasteiger partial charge on any atom is -0.481 e. The van der Waals surface area contributed by atoms with Crippen LogP contribution in [0.15, 0.2) is 42.7 Å². The number of nitrogens with zero attached hydrogens (tertiary/aromatic N) is 2. The highest BCUT2D eigenvalue weighted by Gasteiger charge is 2.28. The molecule has 2 aromatic rings. The Morgan fingerprint density at radius 1 is 1.28 bits per heavy atom. The van der Waals surface area contributed by atoms with Gasteiger partial charge in [0.1, 0.15) is 0 Å². The number of hydrogen-bond donors (Lipinski definition) is 1. The van der Waals surface area contributed by atoms with E-state index in [0.29, 0.717) is 6.54 Å². The summed E-state index contributed by atoms with van der Waals surface area (Å²) < 4.78 is 1.68. The fourth-order valence-corrected chi connectivity index (χ4v) is 1.70. The number of carboxylic acids is 1. The van der Waals surface area contributed by atoms with E-state index in [-0.39, 0.29) is 0 Å². The van der Waals surface area contributed by atoms with Crippen molar-refractivity contribution < 1.29 is 9.90 Å². The first-order valence-corrected chi connectivity index (χ1v) is 5.80. The number of rotatable bonds is 4. The van der Waals surface area contributed by atoms with E-state index < -0.39 is 11.4 Å². The average Bonchev–Trinajstić information content (AvgIpc) is 2.78. The third-order valence-corrected chi connectivity index (χ3v) is 2.88. The Balaban J connectivity index is 2.19. The maximum Gasteiger partial charge on any atom is 0.310 e. The summed E-state index contributed by atoms with van der Waals surface area (Å²) in [6.07, 6.45) is 3.63. The molecule has 0 saturated heterocycles. The van der Waals surface area contributed by atoms with Gasteiger partial charge in [-0.1, -0.05) is 30.3 Å². The van der Waals surface area contributed by atoms with E-state index in [0.717, 1.165) is 11.1 Å². The van der Waals surface area contributed by atoms with Gasteiger partial charge in [0.25, 0.3) is 0 Å². The third kappa shape index (κ3) is 2.59. The average molecular weight is 244 g/mol. The van der Waals surface area contributed by atoms with Crippen molar-refractivity contribution in [3.05, 3.63) is 42.7 Å². The van der Waals surface area contributed by atoms with Crippen molar-refractivity contribution in [2.75, 3.05) is 0 Å². The Morgan fingerprint density at radius 3 is 2.56 bits per heavy atom. The Hall–Kier alpha value is -2.10. The van der Waals surface area contributed by atoms with Crippen LogP contribution in [0.5, 0.6) is 0 Å². The summed E-state index contributed by atoms with van der Waals surface area (Å²) in [5, 5.41) is 13.3. The summed E-state index contributed by atoms with van der Waals surface area (Å²) in [4.78, 5) is 11.1. The standard InChI is InChI=1S/C14H16N2O2/c1-14(2,13(17)18)10-16-9-12(8-15-16)11-6-4-3-5-7-11/h3-9H,10H2,1-2H3,(H,17,18). The Kier molecular flexibility index (Phi) is 3.19. The van der Waals surface area contributed by atoms with Crippen molar-refractivity contribution in [3.8, 4) is 11.1 Å². The number of carboxylic acid groups (broad SMARTS) is 1. The van der Waals surface area contributed by atoms with Gasteiger partial charge in [0, 0.05) is 11.8 Å². The van der Waals surface area contributed by atoms with E-state index in [4.69, 9.17) is 5.11 Å². The van der Waals surface area contributed by atoms with Crippen LogP contribution in [0.1, 0.15) is 13.8 Å². The molecule has 2 rings (SSSR count). The van der Waals surface area contributed by atoms with Crippen LogP contribution in [-0.2, 0) is 11.3 Å². The first kappa shape index (κ1) is 12.4. The lowest BCUT2D eigenvalue weighted by Gasteiger charge is -2.18. The molecule has 0 bridgehead atoms. The van der Waals surface area contributed by atoms with Gasteiger partial charge in [0.15, 0.2) is 0 Å². The number of aliphatic carboxylic acids is 1. The minimum atomic E-state index is -0.820. The SMILES string of the molecule is CC(C)(Cn1cc(-c2ccccc2)cn1)C(=O)O. The van der Waals surface area contributed by atoms with Gasteiger partial charge in [-0.3, -0.25) is 9.48 Å². The molecule has 0 unspecified atom stereocenters. The predicted molar refractivity (Wildman–Crippen MR) is 69.1 cm³/mol. The molecule has 0 amide bonds. The molecule has 4 nitrogen and oxygen atoms in total. The molecule has 1 aromatic heterocycles. The van der Waals surface area contributed by atoms with Gasteiger partial charge >= 0.3 is 5.97 Å². The highest BCUT2D eigenvalue weighted by molar-refractivity contribution is 5.73. The van der Waals surface area contributed by atoms with Crippen LogP contribution in [0.3, 0.4) is 0 Å². The molecular formula is C14H16N2O2. The molecule has 0 aliphatic carbocycles. The second-order valence-corrected chi connectivity index (χ2v) is 4.98. The van der Waals surface area contributed by atoms with Crippen molar-refractivity contribution in [2.45, 2.75) is 20.4 Å². The van der Waals surface area contributed by atoms with E-state index >= 15 is 0 Å². The van der Waals surface area contributed by atoms with Gasteiger partial charge in [-0.15, -0.1) is 0 Å². The minimum absolute atomic E-state index is 0.356. The molecule has 0 radical (unpaired) electrons. The molecular weight excluding hydrogens is 228 g/mol. The molecule has 0 spiro atoms. The van der Waals surface area contributed by atoms with Crippen molar-refractivity contribution in [1.29, 1.82) is 0 Å². The number of carbonyl (C=O) groups is 1. The van der Waals surface area contributed by atoms with Crippen molar-refractivity contribution >= 4 is 5.97 Å². The molecule has 94 valence electrons. The van der Waals surface area contributed by atoms with Crippen LogP contribution >= 0.6 is 0 Å². The van der Waals surface area contributed by atoms with E-state index in [1.807, 2.05) is 36.5 Å². The van der Waals surface area contributed by atoms with Crippen LogP contribution in [0.2, 0.25) is 0 Å². The quantitative estimate of drug-likeness (QED) is 0.899. The summed E-state index contributed by atoms with van der Waals surface area (Å²) in [6.45, 7) is 3.74. The summed E-state index contributed by atoms with van der Waals surface area (Å²) in [7, 11) is 0. The van der Waals surface area contributed by atoms with Crippen LogP contribution in [0.25, 0.3) is 11.1 Å². The van der Waals surface area contributed by atoms with Crippen LogP contribution in [0, 0.1) is 5.41 Å². The van der Waals surface area contributed by atoms with Crippen molar-refractivity contribution in [3.63, 3.8) is 0 Å². The second kappa shape index (κ2) is 4.64. The van der Waals surface area contributed by atoms with E-state index in [9.17, 15) is 4.79 Å².